The number of aromatic nitrogens is 2. The van der Waals surface area contributed by atoms with E-state index in [0.717, 1.165) is 41.9 Å². The molecule has 1 amide bonds. The summed E-state index contributed by atoms with van der Waals surface area (Å²) in [6.07, 6.45) is -0.200. The quantitative estimate of drug-likeness (QED) is 0.281. The van der Waals surface area contributed by atoms with Gasteiger partial charge in [0.15, 0.2) is 0 Å². The van der Waals surface area contributed by atoms with E-state index in [4.69, 9.17) is 19.4 Å². The predicted molar refractivity (Wildman–Crippen MR) is 152 cm³/mol. The minimum Gasteiger partial charge on any atom is -0.490 e. The molecule has 3 aromatic rings. The zero-order chi connectivity index (χ0) is 28.5. The van der Waals surface area contributed by atoms with Gasteiger partial charge in [-0.1, -0.05) is 45.8 Å². The first-order valence-electron chi connectivity index (χ1n) is 13.7. The van der Waals surface area contributed by atoms with Gasteiger partial charge in [0.05, 0.1) is 0 Å². The number of aliphatic hydroxyl groups excluding tert-OH is 2. The standard InChI is InChI=1S/C30H42N4O5/c1-7-22-13-24(10-20(6)28(22)38-18-26(36)15-31-27(37)17-35)29-32-30(39-33-29)25-12-21(16-34(8-2)9-3)11-23(14-25)19(4)5/h10-14,19,26,35-36H,7-9,15-18H2,1-6H3,(H,31,37)/t26-/m0/s1. The molecule has 2 aromatic carbocycles. The van der Waals surface area contributed by atoms with Crippen LogP contribution >= 0.6 is 0 Å². The molecule has 0 fully saturated rings. The number of amides is 1. The smallest absolute Gasteiger partial charge is 0.258 e. The molecule has 0 radical (unpaired) electrons. The topological polar surface area (TPSA) is 121 Å². The van der Waals surface area contributed by atoms with Gasteiger partial charge in [0.2, 0.25) is 11.7 Å². The van der Waals surface area contributed by atoms with Crippen LogP contribution in [0.15, 0.2) is 34.9 Å². The van der Waals surface area contributed by atoms with Crippen LogP contribution in [0.1, 0.15) is 62.8 Å². The van der Waals surface area contributed by atoms with E-state index < -0.39 is 18.6 Å². The average molecular weight is 539 g/mol. The zero-order valence-electron chi connectivity index (χ0n) is 24.0. The van der Waals surface area contributed by atoms with Gasteiger partial charge in [0, 0.05) is 24.2 Å². The Labute approximate surface area is 231 Å². The van der Waals surface area contributed by atoms with Crippen LogP contribution in [0.5, 0.6) is 5.75 Å². The van der Waals surface area contributed by atoms with Gasteiger partial charge < -0.3 is 24.8 Å². The van der Waals surface area contributed by atoms with Gasteiger partial charge in [-0.05, 0) is 78.9 Å². The summed E-state index contributed by atoms with van der Waals surface area (Å²) in [5.41, 5.74) is 6.03. The van der Waals surface area contributed by atoms with E-state index in [1.807, 2.05) is 26.0 Å². The van der Waals surface area contributed by atoms with E-state index in [9.17, 15) is 9.90 Å². The van der Waals surface area contributed by atoms with Gasteiger partial charge in [-0.15, -0.1) is 0 Å². The molecule has 1 aromatic heterocycles. The van der Waals surface area contributed by atoms with Crippen molar-refractivity contribution < 1.29 is 24.3 Å². The number of nitrogens with one attached hydrogen (secondary N) is 1. The third-order valence-electron chi connectivity index (χ3n) is 6.74. The van der Waals surface area contributed by atoms with Crippen LogP contribution in [0.25, 0.3) is 22.8 Å². The Balaban J connectivity index is 1.84. The van der Waals surface area contributed by atoms with E-state index in [2.05, 4.69) is 61.3 Å². The normalized spacial score (nSPS) is 12.3. The first kappa shape index (κ1) is 30.3. The molecule has 9 heteroatoms. The van der Waals surface area contributed by atoms with Crippen molar-refractivity contribution in [2.45, 2.75) is 66.5 Å². The van der Waals surface area contributed by atoms with Crippen LogP contribution in [0.2, 0.25) is 0 Å². The number of aryl methyl sites for hydroxylation is 2. The number of carbonyl (C=O) groups excluding carboxylic acids is 1. The second kappa shape index (κ2) is 14.2. The van der Waals surface area contributed by atoms with Crippen molar-refractivity contribution in [3.63, 3.8) is 0 Å². The largest absolute Gasteiger partial charge is 0.490 e. The summed E-state index contributed by atoms with van der Waals surface area (Å²) in [6.45, 7) is 14.9. The fourth-order valence-corrected chi connectivity index (χ4v) is 4.40. The average Bonchev–Trinajstić information content (AvgIpc) is 3.43. The number of nitrogens with zero attached hydrogens (tertiary/aromatic N) is 3. The third kappa shape index (κ3) is 8.11. The molecule has 3 rings (SSSR count). The fourth-order valence-electron chi connectivity index (χ4n) is 4.40. The highest BCUT2D eigenvalue weighted by Crippen LogP contribution is 2.32. The van der Waals surface area contributed by atoms with E-state index in [0.29, 0.717) is 29.8 Å². The Hall–Kier alpha value is -3.27. The van der Waals surface area contributed by atoms with Crippen molar-refractivity contribution in [2.75, 3.05) is 32.8 Å². The van der Waals surface area contributed by atoms with Gasteiger partial charge in [-0.2, -0.15) is 4.98 Å². The summed E-state index contributed by atoms with van der Waals surface area (Å²) in [6, 6.07) is 10.4. The molecule has 0 aliphatic carbocycles. The number of hydrogen-bond acceptors (Lipinski definition) is 8. The SMILES string of the molecule is CCc1cc(-c2noc(-c3cc(CN(CC)CC)cc(C(C)C)c3)n2)cc(C)c1OC[C@@H](O)CNC(=O)CO. The molecule has 0 spiro atoms. The first-order valence-corrected chi connectivity index (χ1v) is 13.7. The number of hydrogen-bond donors (Lipinski definition) is 3. The molecule has 0 bridgehead atoms. The zero-order valence-corrected chi connectivity index (χ0v) is 24.0. The van der Waals surface area contributed by atoms with Gasteiger partial charge in [-0.3, -0.25) is 9.69 Å². The highest BCUT2D eigenvalue weighted by atomic mass is 16.5. The van der Waals surface area contributed by atoms with Crippen molar-refractivity contribution >= 4 is 5.91 Å². The molecular formula is C30H42N4O5. The maximum absolute atomic E-state index is 11.2. The molecule has 0 saturated heterocycles. The van der Waals surface area contributed by atoms with Crippen molar-refractivity contribution in [3.8, 4) is 28.6 Å². The molecule has 9 nitrogen and oxygen atoms in total. The highest BCUT2D eigenvalue weighted by molar-refractivity contribution is 5.76. The van der Waals surface area contributed by atoms with Crippen LogP contribution in [0.4, 0.5) is 0 Å². The maximum atomic E-state index is 11.2. The molecule has 1 heterocycles. The molecular weight excluding hydrogens is 496 g/mol. The predicted octanol–water partition coefficient (Wildman–Crippen LogP) is 4.09. The Morgan fingerprint density at radius 2 is 1.85 bits per heavy atom. The molecule has 0 aliphatic heterocycles. The van der Waals surface area contributed by atoms with Crippen molar-refractivity contribution in [1.29, 1.82) is 0 Å². The monoisotopic (exact) mass is 538 g/mol. The van der Waals surface area contributed by atoms with Crippen LogP contribution in [-0.4, -0.2) is 70.1 Å². The summed E-state index contributed by atoms with van der Waals surface area (Å²) in [5.74, 6) is 1.50. The number of rotatable bonds is 14. The highest BCUT2D eigenvalue weighted by Gasteiger charge is 2.18. The van der Waals surface area contributed by atoms with Crippen LogP contribution in [-0.2, 0) is 17.8 Å². The van der Waals surface area contributed by atoms with Crippen LogP contribution in [0, 0.1) is 6.92 Å². The summed E-state index contributed by atoms with van der Waals surface area (Å²) in [5, 5.41) is 25.7. The Kier molecular flexibility index (Phi) is 11.0. The second-order valence-electron chi connectivity index (χ2n) is 10.1. The number of aliphatic hydroxyl groups is 2. The van der Waals surface area contributed by atoms with Crippen molar-refractivity contribution in [2.24, 2.45) is 0 Å². The molecule has 1 atom stereocenters. The van der Waals surface area contributed by atoms with E-state index in [1.54, 1.807) is 0 Å². The molecule has 3 N–H and O–H groups in total. The number of ether oxygens (including phenoxy) is 1. The van der Waals surface area contributed by atoms with Crippen LogP contribution < -0.4 is 10.1 Å². The first-order chi connectivity index (χ1) is 18.7. The fraction of sp³-hybridized carbons (Fsp3) is 0.500. The Morgan fingerprint density at radius 3 is 2.49 bits per heavy atom. The Bertz CT molecular complexity index is 1240. The lowest BCUT2D eigenvalue weighted by molar-refractivity contribution is -0.124. The molecule has 0 saturated carbocycles. The lowest BCUT2D eigenvalue weighted by atomic mass is 9.97. The van der Waals surface area contributed by atoms with E-state index in [1.165, 1.54) is 11.1 Å². The minimum absolute atomic E-state index is 0.00172. The maximum Gasteiger partial charge on any atom is 0.258 e. The van der Waals surface area contributed by atoms with Crippen molar-refractivity contribution in [3.05, 3.63) is 52.6 Å². The third-order valence-corrected chi connectivity index (χ3v) is 6.74. The summed E-state index contributed by atoms with van der Waals surface area (Å²) < 4.78 is 11.7. The summed E-state index contributed by atoms with van der Waals surface area (Å²) in [7, 11) is 0. The second-order valence-corrected chi connectivity index (χ2v) is 10.1. The molecule has 212 valence electrons. The van der Waals surface area contributed by atoms with E-state index >= 15 is 0 Å². The summed E-state index contributed by atoms with van der Waals surface area (Å²) >= 11 is 0. The van der Waals surface area contributed by atoms with Gasteiger partial charge in [0.25, 0.3) is 5.89 Å². The van der Waals surface area contributed by atoms with E-state index in [-0.39, 0.29) is 13.2 Å². The number of benzene rings is 2. The number of carbonyl (C=O) groups is 1. The van der Waals surface area contributed by atoms with Crippen molar-refractivity contribution in [1.82, 2.24) is 20.4 Å². The molecule has 39 heavy (non-hydrogen) atoms. The van der Waals surface area contributed by atoms with Gasteiger partial charge in [0.1, 0.15) is 25.1 Å². The lowest BCUT2D eigenvalue weighted by Gasteiger charge is -2.19. The molecule has 0 aliphatic rings. The molecule has 0 unspecified atom stereocenters. The Morgan fingerprint density at radius 1 is 1.10 bits per heavy atom. The van der Waals surface area contributed by atoms with Gasteiger partial charge >= 0.3 is 0 Å². The lowest BCUT2D eigenvalue weighted by Crippen LogP contribution is -2.36. The van der Waals surface area contributed by atoms with Crippen LogP contribution in [0.3, 0.4) is 0 Å². The summed E-state index contributed by atoms with van der Waals surface area (Å²) in [4.78, 5) is 18.3. The minimum atomic E-state index is -0.905. The van der Waals surface area contributed by atoms with Gasteiger partial charge in [-0.25, -0.2) is 0 Å².